The maximum Gasteiger partial charge on any atom is 0.228 e. The molecule has 1 aliphatic carbocycles. The van der Waals surface area contributed by atoms with E-state index in [1.54, 1.807) is 0 Å². The Morgan fingerprint density at radius 1 is 1.29 bits per heavy atom. The zero-order valence-electron chi connectivity index (χ0n) is 11.7. The maximum absolute atomic E-state index is 12.7. The predicted molar refractivity (Wildman–Crippen MR) is 71.7 cm³/mol. The zero-order valence-corrected chi connectivity index (χ0v) is 11.7. The molecule has 3 nitrogen and oxygen atoms in total. The van der Waals surface area contributed by atoms with Crippen LogP contribution in [0.4, 0.5) is 0 Å². The first-order chi connectivity index (χ1) is 8.01. The predicted octanol–water partition coefficient (Wildman–Crippen LogP) is 2.54. The van der Waals surface area contributed by atoms with Crippen molar-refractivity contribution in [2.24, 2.45) is 11.1 Å². The zero-order chi connectivity index (χ0) is 12.9. The van der Waals surface area contributed by atoms with Crippen LogP contribution in [0.25, 0.3) is 0 Å². The minimum Gasteiger partial charge on any atom is -0.340 e. The van der Waals surface area contributed by atoms with Crippen LogP contribution in [0.3, 0.4) is 0 Å². The molecule has 0 aromatic carbocycles. The van der Waals surface area contributed by atoms with Gasteiger partial charge in [-0.3, -0.25) is 4.79 Å². The van der Waals surface area contributed by atoms with E-state index in [1.807, 2.05) is 4.90 Å². The standard InChI is InChI=1S/C14H28N2O/c1-12(2)16(11-7-10-15)13(17)14(3)8-5-4-6-9-14/h12H,4-11,15H2,1-3H3. The van der Waals surface area contributed by atoms with Crippen LogP contribution in [-0.4, -0.2) is 29.9 Å². The molecule has 0 spiro atoms. The number of nitrogens with two attached hydrogens (primary N) is 1. The molecule has 1 amide bonds. The first-order valence-electron chi connectivity index (χ1n) is 7.02. The molecule has 0 radical (unpaired) electrons. The highest BCUT2D eigenvalue weighted by Gasteiger charge is 2.37. The van der Waals surface area contributed by atoms with E-state index in [0.717, 1.165) is 25.8 Å². The number of nitrogens with zero attached hydrogens (tertiary/aromatic N) is 1. The molecule has 1 fully saturated rings. The average Bonchev–Trinajstić information content (AvgIpc) is 2.30. The molecule has 3 heteroatoms. The van der Waals surface area contributed by atoms with Gasteiger partial charge < -0.3 is 10.6 Å². The van der Waals surface area contributed by atoms with E-state index < -0.39 is 0 Å². The topological polar surface area (TPSA) is 46.3 Å². The molecule has 0 unspecified atom stereocenters. The number of hydrogen-bond acceptors (Lipinski definition) is 2. The fraction of sp³-hybridized carbons (Fsp3) is 0.929. The Morgan fingerprint density at radius 3 is 2.35 bits per heavy atom. The van der Waals surface area contributed by atoms with Gasteiger partial charge in [-0.15, -0.1) is 0 Å². The fourth-order valence-corrected chi connectivity index (χ4v) is 2.75. The summed E-state index contributed by atoms with van der Waals surface area (Å²) in [5.74, 6) is 0.348. The highest BCUT2D eigenvalue weighted by Crippen LogP contribution is 2.37. The number of amides is 1. The van der Waals surface area contributed by atoms with E-state index in [1.165, 1.54) is 19.3 Å². The lowest BCUT2D eigenvalue weighted by atomic mass is 9.74. The van der Waals surface area contributed by atoms with Gasteiger partial charge in [-0.1, -0.05) is 26.2 Å². The van der Waals surface area contributed by atoms with Crippen LogP contribution in [-0.2, 0) is 4.79 Å². The first kappa shape index (κ1) is 14.5. The number of hydrogen-bond donors (Lipinski definition) is 1. The summed E-state index contributed by atoms with van der Waals surface area (Å²) >= 11 is 0. The Morgan fingerprint density at radius 2 is 1.88 bits per heavy atom. The number of carbonyl (C=O) groups excluding carboxylic acids is 1. The van der Waals surface area contributed by atoms with Crippen LogP contribution in [0, 0.1) is 5.41 Å². The summed E-state index contributed by atoms with van der Waals surface area (Å²) < 4.78 is 0. The number of carbonyl (C=O) groups is 1. The van der Waals surface area contributed by atoms with Gasteiger partial charge in [0.15, 0.2) is 0 Å². The van der Waals surface area contributed by atoms with Gasteiger partial charge in [0.1, 0.15) is 0 Å². The minimum atomic E-state index is -0.114. The minimum absolute atomic E-state index is 0.114. The Kier molecular flexibility index (Phi) is 5.44. The lowest BCUT2D eigenvalue weighted by molar-refractivity contribution is -0.145. The Balaban J connectivity index is 2.68. The molecule has 1 aliphatic rings. The van der Waals surface area contributed by atoms with Crippen molar-refractivity contribution in [3.8, 4) is 0 Å². The lowest BCUT2D eigenvalue weighted by Gasteiger charge is -2.39. The van der Waals surface area contributed by atoms with Crippen molar-refractivity contribution in [3.05, 3.63) is 0 Å². The Bertz CT molecular complexity index is 245. The van der Waals surface area contributed by atoms with Gasteiger partial charge in [0.25, 0.3) is 0 Å². The molecular formula is C14H28N2O. The summed E-state index contributed by atoms with van der Waals surface area (Å²) in [5.41, 5.74) is 5.44. The molecular weight excluding hydrogens is 212 g/mol. The van der Waals surface area contributed by atoms with Crippen LogP contribution in [0.1, 0.15) is 59.3 Å². The summed E-state index contributed by atoms with van der Waals surface area (Å²) in [6.45, 7) is 7.81. The maximum atomic E-state index is 12.7. The molecule has 0 heterocycles. The molecule has 100 valence electrons. The van der Waals surface area contributed by atoms with Crippen LogP contribution in [0.2, 0.25) is 0 Å². The van der Waals surface area contributed by atoms with E-state index in [4.69, 9.17) is 5.73 Å². The van der Waals surface area contributed by atoms with Crippen LogP contribution in [0.5, 0.6) is 0 Å². The van der Waals surface area contributed by atoms with Gasteiger partial charge in [-0.2, -0.15) is 0 Å². The number of rotatable bonds is 5. The molecule has 1 rings (SSSR count). The van der Waals surface area contributed by atoms with Gasteiger partial charge >= 0.3 is 0 Å². The second kappa shape index (κ2) is 6.39. The van der Waals surface area contributed by atoms with Crippen molar-refractivity contribution in [3.63, 3.8) is 0 Å². The van der Waals surface area contributed by atoms with Gasteiger partial charge in [0.2, 0.25) is 5.91 Å². The normalized spacial score (nSPS) is 19.4. The van der Waals surface area contributed by atoms with E-state index in [9.17, 15) is 4.79 Å². The molecule has 0 saturated heterocycles. The van der Waals surface area contributed by atoms with E-state index in [0.29, 0.717) is 12.5 Å². The monoisotopic (exact) mass is 240 g/mol. The van der Waals surface area contributed by atoms with Gasteiger partial charge in [-0.25, -0.2) is 0 Å². The molecule has 0 aliphatic heterocycles. The summed E-state index contributed by atoms with van der Waals surface area (Å²) in [6.07, 6.45) is 6.69. The van der Waals surface area contributed by atoms with Gasteiger partial charge in [0.05, 0.1) is 0 Å². The third-order valence-corrected chi connectivity index (χ3v) is 3.96. The molecule has 17 heavy (non-hydrogen) atoms. The van der Waals surface area contributed by atoms with Crippen molar-refractivity contribution in [1.82, 2.24) is 4.90 Å². The second-order valence-electron chi connectivity index (χ2n) is 5.86. The van der Waals surface area contributed by atoms with Crippen molar-refractivity contribution >= 4 is 5.91 Å². The quantitative estimate of drug-likeness (QED) is 0.802. The molecule has 1 saturated carbocycles. The molecule has 0 bridgehead atoms. The summed E-state index contributed by atoms with van der Waals surface area (Å²) in [4.78, 5) is 14.7. The Labute approximate surface area is 106 Å². The van der Waals surface area contributed by atoms with E-state index in [-0.39, 0.29) is 11.5 Å². The summed E-state index contributed by atoms with van der Waals surface area (Å²) in [5, 5.41) is 0. The van der Waals surface area contributed by atoms with Crippen LogP contribution >= 0.6 is 0 Å². The molecule has 0 aromatic heterocycles. The summed E-state index contributed by atoms with van der Waals surface area (Å²) in [6, 6.07) is 0.285. The Hall–Kier alpha value is -0.570. The van der Waals surface area contributed by atoms with Crippen LogP contribution in [0.15, 0.2) is 0 Å². The fourth-order valence-electron chi connectivity index (χ4n) is 2.75. The average molecular weight is 240 g/mol. The third kappa shape index (κ3) is 3.70. The van der Waals surface area contributed by atoms with Gasteiger partial charge in [0, 0.05) is 18.0 Å². The summed E-state index contributed by atoms with van der Waals surface area (Å²) in [7, 11) is 0. The highest BCUT2D eigenvalue weighted by molar-refractivity contribution is 5.82. The molecule has 2 N–H and O–H groups in total. The first-order valence-corrected chi connectivity index (χ1v) is 7.02. The van der Waals surface area contributed by atoms with E-state index >= 15 is 0 Å². The largest absolute Gasteiger partial charge is 0.340 e. The van der Waals surface area contributed by atoms with Crippen molar-refractivity contribution in [2.45, 2.75) is 65.3 Å². The second-order valence-corrected chi connectivity index (χ2v) is 5.86. The SMILES string of the molecule is CC(C)N(CCCN)C(=O)C1(C)CCCCC1. The van der Waals surface area contributed by atoms with Crippen molar-refractivity contribution in [2.75, 3.05) is 13.1 Å². The van der Waals surface area contributed by atoms with E-state index in [2.05, 4.69) is 20.8 Å². The van der Waals surface area contributed by atoms with Gasteiger partial charge in [-0.05, 0) is 39.7 Å². The molecule has 0 atom stereocenters. The highest BCUT2D eigenvalue weighted by atomic mass is 16.2. The van der Waals surface area contributed by atoms with Crippen molar-refractivity contribution in [1.29, 1.82) is 0 Å². The van der Waals surface area contributed by atoms with Crippen LogP contribution < -0.4 is 5.73 Å². The lowest BCUT2D eigenvalue weighted by Crippen LogP contribution is -2.47. The van der Waals surface area contributed by atoms with Crippen molar-refractivity contribution < 1.29 is 4.79 Å². The third-order valence-electron chi connectivity index (χ3n) is 3.96. The molecule has 0 aromatic rings. The smallest absolute Gasteiger partial charge is 0.228 e.